The molecule has 0 radical (unpaired) electrons. The SMILES string of the molecule is O=C(N[C@@H]1C[C@H]2CC[C@@H]1N2)c1ccc(Sc2cccc(N3CCOCC3)c2)s1. The van der Waals surface area contributed by atoms with Crippen LogP contribution in [-0.2, 0) is 4.74 Å². The highest BCUT2D eigenvalue weighted by molar-refractivity contribution is 8.01. The minimum Gasteiger partial charge on any atom is -0.378 e. The minimum atomic E-state index is 0.0678. The molecule has 2 bridgehead atoms. The lowest BCUT2D eigenvalue weighted by molar-refractivity contribution is 0.0935. The van der Waals surface area contributed by atoms with Crippen LogP contribution in [0.3, 0.4) is 0 Å². The Labute approximate surface area is 173 Å². The van der Waals surface area contributed by atoms with Crippen LogP contribution in [0.1, 0.15) is 28.9 Å². The number of fused-ring (bicyclic) bond motifs is 2. The molecule has 1 amide bonds. The van der Waals surface area contributed by atoms with E-state index < -0.39 is 0 Å². The Morgan fingerprint density at radius 2 is 2.11 bits per heavy atom. The third-order valence-corrected chi connectivity index (χ3v) is 8.04. The third-order valence-electron chi connectivity index (χ3n) is 5.83. The van der Waals surface area contributed by atoms with Crippen molar-refractivity contribution in [2.45, 2.75) is 46.5 Å². The molecule has 5 rings (SSSR count). The van der Waals surface area contributed by atoms with Crippen molar-refractivity contribution in [2.24, 2.45) is 0 Å². The lowest BCUT2D eigenvalue weighted by Crippen LogP contribution is -2.42. The molecule has 1 aromatic heterocycles. The van der Waals surface area contributed by atoms with Crippen LogP contribution in [0.4, 0.5) is 5.69 Å². The molecule has 4 heterocycles. The Morgan fingerprint density at radius 3 is 2.89 bits per heavy atom. The van der Waals surface area contributed by atoms with Gasteiger partial charge >= 0.3 is 0 Å². The van der Waals surface area contributed by atoms with Crippen LogP contribution in [0.2, 0.25) is 0 Å². The van der Waals surface area contributed by atoms with Crippen molar-refractivity contribution < 1.29 is 9.53 Å². The summed E-state index contributed by atoms with van der Waals surface area (Å²) in [7, 11) is 0. The second-order valence-electron chi connectivity index (χ2n) is 7.68. The molecule has 3 saturated heterocycles. The number of thiophene rings is 1. The van der Waals surface area contributed by atoms with E-state index in [0.29, 0.717) is 12.1 Å². The molecule has 1 aromatic carbocycles. The van der Waals surface area contributed by atoms with Gasteiger partial charge in [-0.05, 0) is 49.6 Å². The number of morpholine rings is 1. The molecular weight excluding hydrogens is 390 g/mol. The summed E-state index contributed by atoms with van der Waals surface area (Å²) in [6.45, 7) is 3.46. The van der Waals surface area contributed by atoms with Gasteiger partial charge in [-0.3, -0.25) is 4.79 Å². The maximum Gasteiger partial charge on any atom is 0.261 e. The van der Waals surface area contributed by atoms with E-state index in [4.69, 9.17) is 4.74 Å². The summed E-state index contributed by atoms with van der Waals surface area (Å²) >= 11 is 3.30. The number of rotatable bonds is 5. The maximum absolute atomic E-state index is 12.6. The molecule has 2 aromatic rings. The van der Waals surface area contributed by atoms with Crippen molar-refractivity contribution in [2.75, 3.05) is 31.2 Å². The number of hydrogen-bond acceptors (Lipinski definition) is 6. The number of nitrogens with zero attached hydrogens (tertiary/aromatic N) is 1. The molecule has 5 nitrogen and oxygen atoms in total. The molecule has 0 unspecified atom stereocenters. The quantitative estimate of drug-likeness (QED) is 0.784. The van der Waals surface area contributed by atoms with Crippen molar-refractivity contribution in [3.8, 4) is 0 Å². The Bertz CT molecular complexity index is 850. The number of ether oxygens (including phenoxy) is 1. The van der Waals surface area contributed by atoms with E-state index in [-0.39, 0.29) is 11.9 Å². The van der Waals surface area contributed by atoms with E-state index in [1.54, 1.807) is 23.1 Å². The Balaban J connectivity index is 1.22. The maximum atomic E-state index is 12.6. The van der Waals surface area contributed by atoms with Gasteiger partial charge in [0.15, 0.2) is 0 Å². The normalized spacial score (nSPS) is 26.6. The number of carbonyl (C=O) groups is 1. The molecular formula is C21H25N3O2S2. The molecule has 0 spiro atoms. The number of carbonyl (C=O) groups excluding carboxylic acids is 1. The predicted octanol–water partition coefficient (Wildman–Crippen LogP) is 3.36. The summed E-state index contributed by atoms with van der Waals surface area (Å²) in [6, 6.07) is 14.0. The molecule has 28 heavy (non-hydrogen) atoms. The molecule has 3 aliphatic heterocycles. The lowest BCUT2D eigenvalue weighted by atomic mass is 9.95. The summed E-state index contributed by atoms with van der Waals surface area (Å²) in [5.41, 5.74) is 1.24. The zero-order chi connectivity index (χ0) is 18.9. The van der Waals surface area contributed by atoms with Gasteiger partial charge in [-0.1, -0.05) is 17.8 Å². The number of nitrogens with one attached hydrogen (secondary N) is 2. The monoisotopic (exact) mass is 415 g/mol. The third kappa shape index (κ3) is 3.94. The van der Waals surface area contributed by atoms with Gasteiger partial charge in [-0.2, -0.15) is 0 Å². The molecule has 2 N–H and O–H groups in total. The van der Waals surface area contributed by atoms with Crippen LogP contribution in [0, 0.1) is 0 Å². The highest BCUT2D eigenvalue weighted by Crippen LogP contribution is 2.35. The summed E-state index contributed by atoms with van der Waals surface area (Å²) < 4.78 is 6.60. The van der Waals surface area contributed by atoms with Gasteiger partial charge in [-0.15, -0.1) is 11.3 Å². The average molecular weight is 416 g/mol. The van der Waals surface area contributed by atoms with Gasteiger partial charge in [0.1, 0.15) is 0 Å². The zero-order valence-corrected chi connectivity index (χ0v) is 17.4. The van der Waals surface area contributed by atoms with Crippen molar-refractivity contribution in [3.05, 3.63) is 41.3 Å². The first-order chi connectivity index (χ1) is 13.7. The topological polar surface area (TPSA) is 53.6 Å². The second-order valence-corrected chi connectivity index (χ2v) is 10.1. The van der Waals surface area contributed by atoms with Crippen molar-refractivity contribution >= 4 is 34.7 Å². The number of benzene rings is 1. The van der Waals surface area contributed by atoms with Gasteiger partial charge in [0.05, 0.1) is 22.3 Å². The summed E-state index contributed by atoms with van der Waals surface area (Å²) in [6.07, 6.45) is 3.50. The van der Waals surface area contributed by atoms with Crippen LogP contribution in [0.5, 0.6) is 0 Å². The highest BCUT2D eigenvalue weighted by atomic mass is 32.2. The van der Waals surface area contributed by atoms with Gasteiger partial charge in [-0.25, -0.2) is 0 Å². The summed E-state index contributed by atoms with van der Waals surface area (Å²) in [4.78, 5) is 17.0. The van der Waals surface area contributed by atoms with E-state index in [1.165, 1.54) is 23.4 Å². The van der Waals surface area contributed by atoms with Crippen LogP contribution in [-0.4, -0.2) is 50.3 Å². The fourth-order valence-electron chi connectivity index (χ4n) is 4.40. The first-order valence-electron chi connectivity index (χ1n) is 10.0. The first kappa shape index (κ1) is 18.5. The van der Waals surface area contributed by atoms with Gasteiger partial charge in [0.2, 0.25) is 0 Å². The predicted molar refractivity (Wildman–Crippen MR) is 114 cm³/mol. The fourth-order valence-corrected chi connectivity index (χ4v) is 6.46. The molecule has 3 atom stereocenters. The Morgan fingerprint density at radius 1 is 1.21 bits per heavy atom. The largest absolute Gasteiger partial charge is 0.378 e. The molecule has 3 fully saturated rings. The number of amides is 1. The Hall–Kier alpha value is -1.54. The molecule has 3 aliphatic rings. The molecule has 0 aliphatic carbocycles. The van der Waals surface area contributed by atoms with Gasteiger partial charge in [0.25, 0.3) is 5.91 Å². The standard InChI is InChI=1S/C21H25N3O2S2/c25-21(23-18-12-14-4-5-17(18)22-14)19-6-7-20(28-19)27-16-3-1-2-15(13-16)24-8-10-26-11-9-24/h1-3,6-7,13-14,17-18,22H,4-5,8-12H2,(H,23,25)/t14-,17+,18-/m1/s1. The summed E-state index contributed by atoms with van der Waals surface area (Å²) in [5.74, 6) is 0.0678. The lowest BCUT2D eigenvalue weighted by Gasteiger charge is -2.29. The van der Waals surface area contributed by atoms with E-state index in [2.05, 4.69) is 45.9 Å². The van der Waals surface area contributed by atoms with E-state index >= 15 is 0 Å². The first-order valence-corrected chi connectivity index (χ1v) is 11.7. The van der Waals surface area contributed by atoms with Crippen molar-refractivity contribution in [1.82, 2.24) is 10.6 Å². The second kappa shape index (κ2) is 8.06. The Kier molecular flexibility index (Phi) is 5.32. The van der Waals surface area contributed by atoms with Gasteiger partial charge in [0, 0.05) is 41.8 Å². The molecule has 0 saturated carbocycles. The zero-order valence-electron chi connectivity index (χ0n) is 15.7. The van der Waals surface area contributed by atoms with Crippen LogP contribution in [0.15, 0.2) is 45.5 Å². The average Bonchev–Trinajstić information content (AvgIpc) is 3.46. The highest BCUT2D eigenvalue weighted by Gasteiger charge is 2.39. The van der Waals surface area contributed by atoms with Crippen LogP contribution in [0.25, 0.3) is 0 Å². The number of hydrogen-bond donors (Lipinski definition) is 2. The van der Waals surface area contributed by atoms with E-state index in [9.17, 15) is 4.79 Å². The smallest absolute Gasteiger partial charge is 0.261 e. The summed E-state index contributed by atoms with van der Waals surface area (Å²) in [5, 5.41) is 6.81. The van der Waals surface area contributed by atoms with Crippen LogP contribution >= 0.6 is 23.1 Å². The minimum absolute atomic E-state index is 0.0678. The number of anilines is 1. The van der Waals surface area contributed by atoms with Crippen molar-refractivity contribution in [1.29, 1.82) is 0 Å². The molecule has 148 valence electrons. The van der Waals surface area contributed by atoms with E-state index in [0.717, 1.165) is 41.8 Å². The van der Waals surface area contributed by atoms with Crippen LogP contribution < -0.4 is 15.5 Å². The fraction of sp³-hybridized carbons (Fsp3) is 0.476. The van der Waals surface area contributed by atoms with Gasteiger partial charge < -0.3 is 20.3 Å². The van der Waals surface area contributed by atoms with Crippen molar-refractivity contribution in [3.63, 3.8) is 0 Å². The molecule has 7 heteroatoms. The van der Waals surface area contributed by atoms with E-state index in [1.807, 2.05) is 6.07 Å².